The van der Waals surface area contributed by atoms with Crippen LogP contribution in [0.4, 0.5) is 0 Å². The summed E-state index contributed by atoms with van der Waals surface area (Å²) in [6, 6.07) is 9.95. The Morgan fingerprint density at radius 1 is 1.31 bits per heavy atom. The Morgan fingerprint density at radius 3 is 2.54 bits per heavy atom. The average molecular weight is 180 g/mol. The molecule has 0 bridgehead atoms. The summed E-state index contributed by atoms with van der Waals surface area (Å²) in [5, 5.41) is 9.13. The number of hydrogen-bond acceptors (Lipinski definition) is 2. The standard InChI is InChI=1S/C11H16O2/c1-2-13-9-11(8-12)10-6-4-3-5-7-10/h3-7,11-12H,2,8-9H2,1H3. The second-order valence-corrected chi connectivity index (χ2v) is 2.95. The molecule has 1 atom stereocenters. The fraction of sp³-hybridized carbons (Fsp3) is 0.455. The van der Waals surface area contributed by atoms with Crippen LogP contribution in [0.5, 0.6) is 0 Å². The van der Waals surface area contributed by atoms with Crippen molar-refractivity contribution in [3.05, 3.63) is 35.9 Å². The lowest BCUT2D eigenvalue weighted by atomic mass is 10.0. The summed E-state index contributed by atoms with van der Waals surface area (Å²) in [6.07, 6.45) is 0. The van der Waals surface area contributed by atoms with Crippen LogP contribution in [0.15, 0.2) is 30.3 Å². The molecule has 0 saturated heterocycles. The molecule has 0 aliphatic carbocycles. The maximum atomic E-state index is 9.13. The van der Waals surface area contributed by atoms with Crippen LogP contribution in [0.2, 0.25) is 0 Å². The normalized spacial score (nSPS) is 12.8. The van der Waals surface area contributed by atoms with Crippen molar-refractivity contribution in [3.63, 3.8) is 0 Å². The summed E-state index contributed by atoms with van der Waals surface area (Å²) in [5.41, 5.74) is 1.14. The molecule has 1 rings (SSSR count). The third-order valence-electron chi connectivity index (χ3n) is 2.01. The average Bonchev–Trinajstić information content (AvgIpc) is 2.21. The minimum atomic E-state index is 0.112. The van der Waals surface area contributed by atoms with Gasteiger partial charge in [-0.25, -0.2) is 0 Å². The highest BCUT2D eigenvalue weighted by atomic mass is 16.5. The first kappa shape index (κ1) is 10.2. The summed E-state index contributed by atoms with van der Waals surface area (Å²) < 4.78 is 5.28. The van der Waals surface area contributed by atoms with E-state index in [1.54, 1.807) is 0 Å². The fourth-order valence-electron chi connectivity index (χ4n) is 1.24. The van der Waals surface area contributed by atoms with Crippen molar-refractivity contribution < 1.29 is 9.84 Å². The number of benzene rings is 1. The summed E-state index contributed by atoms with van der Waals surface area (Å²) in [4.78, 5) is 0. The molecule has 0 spiro atoms. The summed E-state index contributed by atoms with van der Waals surface area (Å²) >= 11 is 0. The van der Waals surface area contributed by atoms with Gasteiger partial charge in [0.05, 0.1) is 13.2 Å². The third-order valence-corrected chi connectivity index (χ3v) is 2.01. The number of aliphatic hydroxyl groups excluding tert-OH is 1. The quantitative estimate of drug-likeness (QED) is 0.748. The van der Waals surface area contributed by atoms with Crippen molar-refractivity contribution in [2.45, 2.75) is 12.8 Å². The smallest absolute Gasteiger partial charge is 0.0556 e. The Morgan fingerprint density at radius 2 is 2.00 bits per heavy atom. The Hall–Kier alpha value is -0.860. The van der Waals surface area contributed by atoms with Crippen LogP contribution in [-0.4, -0.2) is 24.9 Å². The van der Waals surface area contributed by atoms with E-state index in [0.717, 1.165) is 5.56 Å². The van der Waals surface area contributed by atoms with E-state index in [2.05, 4.69) is 0 Å². The zero-order chi connectivity index (χ0) is 9.52. The first-order valence-electron chi connectivity index (χ1n) is 4.62. The molecule has 2 heteroatoms. The largest absolute Gasteiger partial charge is 0.396 e. The number of aliphatic hydroxyl groups is 1. The highest BCUT2D eigenvalue weighted by molar-refractivity contribution is 5.19. The molecule has 0 saturated carbocycles. The Balaban J connectivity index is 2.56. The van der Waals surface area contributed by atoms with Crippen LogP contribution < -0.4 is 0 Å². The molecule has 2 nitrogen and oxygen atoms in total. The lowest BCUT2D eigenvalue weighted by Crippen LogP contribution is -2.11. The van der Waals surface area contributed by atoms with Gasteiger partial charge in [0, 0.05) is 12.5 Å². The molecule has 0 heterocycles. The maximum Gasteiger partial charge on any atom is 0.0556 e. The first-order chi connectivity index (χ1) is 6.38. The van der Waals surface area contributed by atoms with Gasteiger partial charge >= 0.3 is 0 Å². The van der Waals surface area contributed by atoms with Crippen molar-refractivity contribution in [2.75, 3.05) is 19.8 Å². The maximum absolute atomic E-state index is 9.13. The molecule has 72 valence electrons. The van der Waals surface area contributed by atoms with Gasteiger partial charge in [0.15, 0.2) is 0 Å². The molecule has 1 N–H and O–H groups in total. The molecule has 0 fully saturated rings. The van der Waals surface area contributed by atoms with Crippen molar-refractivity contribution in [1.29, 1.82) is 0 Å². The number of rotatable bonds is 5. The monoisotopic (exact) mass is 180 g/mol. The molecule has 0 aliphatic rings. The first-order valence-corrected chi connectivity index (χ1v) is 4.62. The zero-order valence-corrected chi connectivity index (χ0v) is 7.94. The van der Waals surface area contributed by atoms with E-state index in [0.29, 0.717) is 13.2 Å². The molecule has 0 aromatic heterocycles. The van der Waals surface area contributed by atoms with E-state index >= 15 is 0 Å². The van der Waals surface area contributed by atoms with Gasteiger partial charge in [-0.05, 0) is 12.5 Å². The van der Waals surface area contributed by atoms with Crippen LogP contribution in [-0.2, 0) is 4.74 Å². The Kier molecular flexibility index (Phi) is 4.50. The van der Waals surface area contributed by atoms with Crippen molar-refractivity contribution in [1.82, 2.24) is 0 Å². The van der Waals surface area contributed by atoms with Crippen LogP contribution in [0.25, 0.3) is 0 Å². The van der Waals surface area contributed by atoms with E-state index in [1.165, 1.54) is 0 Å². The van der Waals surface area contributed by atoms with E-state index in [-0.39, 0.29) is 12.5 Å². The Labute approximate surface area is 79.2 Å². The summed E-state index contributed by atoms with van der Waals surface area (Å²) in [6.45, 7) is 3.39. The molecule has 0 radical (unpaired) electrons. The lowest BCUT2D eigenvalue weighted by Gasteiger charge is -2.13. The van der Waals surface area contributed by atoms with Crippen LogP contribution >= 0.6 is 0 Å². The van der Waals surface area contributed by atoms with Crippen molar-refractivity contribution in [2.24, 2.45) is 0 Å². The van der Waals surface area contributed by atoms with Crippen molar-refractivity contribution in [3.8, 4) is 0 Å². The second-order valence-electron chi connectivity index (χ2n) is 2.95. The SMILES string of the molecule is CCOCC(CO)c1ccccc1. The Bertz CT molecular complexity index is 221. The van der Waals surface area contributed by atoms with E-state index in [4.69, 9.17) is 9.84 Å². The topological polar surface area (TPSA) is 29.5 Å². The minimum Gasteiger partial charge on any atom is -0.396 e. The predicted octanol–water partition coefficient (Wildman–Crippen LogP) is 1.80. The molecule has 13 heavy (non-hydrogen) atoms. The second kappa shape index (κ2) is 5.73. The van der Waals surface area contributed by atoms with Crippen LogP contribution in [0.3, 0.4) is 0 Å². The minimum absolute atomic E-state index is 0.112. The van der Waals surface area contributed by atoms with Gasteiger partial charge in [-0.2, -0.15) is 0 Å². The molecule has 0 amide bonds. The third kappa shape index (κ3) is 3.17. The number of hydrogen-bond donors (Lipinski definition) is 1. The molecular formula is C11H16O2. The van der Waals surface area contributed by atoms with Crippen LogP contribution in [0.1, 0.15) is 18.4 Å². The van der Waals surface area contributed by atoms with E-state index < -0.39 is 0 Å². The highest BCUT2D eigenvalue weighted by Crippen LogP contribution is 2.14. The lowest BCUT2D eigenvalue weighted by molar-refractivity contribution is 0.109. The van der Waals surface area contributed by atoms with Gasteiger partial charge in [0.2, 0.25) is 0 Å². The van der Waals surface area contributed by atoms with Gasteiger partial charge in [0.25, 0.3) is 0 Å². The summed E-state index contributed by atoms with van der Waals surface area (Å²) in [7, 11) is 0. The van der Waals surface area contributed by atoms with Crippen molar-refractivity contribution >= 4 is 0 Å². The summed E-state index contributed by atoms with van der Waals surface area (Å²) in [5.74, 6) is 0.112. The molecule has 1 aromatic rings. The highest BCUT2D eigenvalue weighted by Gasteiger charge is 2.08. The van der Waals surface area contributed by atoms with Gasteiger partial charge in [0.1, 0.15) is 0 Å². The number of ether oxygens (including phenoxy) is 1. The zero-order valence-electron chi connectivity index (χ0n) is 7.94. The van der Waals surface area contributed by atoms with E-state index in [1.807, 2.05) is 37.3 Å². The van der Waals surface area contributed by atoms with Gasteiger partial charge < -0.3 is 9.84 Å². The molecular weight excluding hydrogens is 164 g/mol. The predicted molar refractivity (Wildman–Crippen MR) is 52.8 cm³/mol. The van der Waals surface area contributed by atoms with Gasteiger partial charge in [-0.1, -0.05) is 30.3 Å². The molecule has 1 aromatic carbocycles. The van der Waals surface area contributed by atoms with Crippen LogP contribution in [0, 0.1) is 0 Å². The molecule has 0 aliphatic heterocycles. The molecule has 1 unspecified atom stereocenters. The van der Waals surface area contributed by atoms with Gasteiger partial charge in [-0.15, -0.1) is 0 Å². The van der Waals surface area contributed by atoms with Gasteiger partial charge in [-0.3, -0.25) is 0 Å². The van der Waals surface area contributed by atoms with E-state index in [9.17, 15) is 0 Å². The fourth-order valence-corrected chi connectivity index (χ4v) is 1.24.